The molecule has 2 N–H and O–H groups in total. The van der Waals surface area contributed by atoms with E-state index in [2.05, 4.69) is 15.5 Å². The van der Waals surface area contributed by atoms with Gasteiger partial charge in [0.1, 0.15) is 5.82 Å². The number of urea groups is 1. The van der Waals surface area contributed by atoms with Crippen molar-refractivity contribution in [3.05, 3.63) is 30.1 Å². The first-order chi connectivity index (χ1) is 11.2. The molecule has 2 fully saturated rings. The van der Waals surface area contributed by atoms with E-state index in [1.54, 1.807) is 18.2 Å². The number of hydrogen-bond acceptors (Lipinski definition) is 4. The lowest BCUT2D eigenvalue weighted by atomic mass is 9.95. The van der Waals surface area contributed by atoms with Gasteiger partial charge in [0.25, 0.3) is 0 Å². The summed E-state index contributed by atoms with van der Waals surface area (Å²) in [6.07, 6.45) is 1.05. The summed E-state index contributed by atoms with van der Waals surface area (Å²) in [5.41, 5.74) is 0.187. The number of carbonyl (C=O) groups is 1. The van der Waals surface area contributed by atoms with Crippen molar-refractivity contribution in [2.45, 2.75) is 12.0 Å². The fourth-order valence-corrected chi connectivity index (χ4v) is 4.59. The minimum absolute atomic E-state index is 0.0129. The lowest BCUT2D eigenvalue weighted by Gasteiger charge is -2.43. The Morgan fingerprint density at radius 2 is 2.13 bits per heavy atom. The number of rotatable bonds is 4. The maximum Gasteiger partial charge on any atom is 0.319 e. The molecular weight excluding hydrogens is 317 g/mol. The van der Waals surface area contributed by atoms with Crippen LogP contribution in [-0.2, 0) is 4.74 Å². The van der Waals surface area contributed by atoms with Crippen LogP contribution in [0.3, 0.4) is 0 Å². The first-order valence-electron chi connectivity index (χ1n) is 7.90. The molecular formula is C16H22FN3O2S. The zero-order valence-electron chi connectivity index (χ0n) is 13.0. The van der Waals surface area contributed by atoms with Gasteiger partial charge in [-0.25, -0.2) is 9.18 Å². The fraction of sp³-hybridized carbons (Fsp3) is 0.562. The van der Waals surface area contributed by atoms with E-state index in [9.17, 15) is 9.18 Å². The normalized spacial score (nSPS) is 25.3. The number of hydrogen-bond donors (Lipinski definition) is 2. The molecule has 2 aliphatic heterocycles. The van der Waals surface area contributed by atoms with E-state index < -0.39 is 5.82 Å². The number of ether oxygens (including phenoxy) is 1. The van der Waals surface area contributed by atoms with Crippen molar-refractivity contribution in [1.82, 2.24) is 10.2 Å². The molecule has 1 aromatic carbocycles. The van der Waals surface area contributed by atoms with Gasteiger partial charge in [0.15, 0.2) is 0 Å². The fourth-order valence-electron chi connectivity index (χ4n) is 3.11. The second-order valence-electron chi connectivity index (χ2n) is 5.91. The lowest BCUT2D eigenvalue weighted by molar-refractivity contribution is -0.0123. The van der Waals surface area contributed by atoms with Crippen molar-refractivity contribution >= 4 is 23.5 Å². The van der Waals surface area contributed by atoms with Crippen LogP contribution in [0.1, 0.15) is 6.42 Å². The summed E-state index contributed by atoms with van der Waals surface area (Å²) in [5.74, 6) is 1.68. The van der Waals surface area contributed by atoms with Gasteiger partial charge < -0.3 is 15.4 Å². The van der Waals surface area contributed by atoms with Gasteiger partial charge in [-0.05, 0) is 24.3 Å². The number of anilines is 1. The van der Waals surface area contributed by atoms with E-state index in [1.807, 2.05) is 11.8 Å². The second kappa shape index (κ2) is 7.51. The smallest absolute Gasteiger partial charge is 0.319 e. The summed E-state index contributed by atoms with van der Waals surface area (Å²) in [6.45, 7) is 3.86. The Bertz CT molecular complexity index is 546. The Morgan fingerprint density at radius 1 is 1.35 bits per heavy atom. The third kappa shape index (κ3) is 3.97. The van der Waals surface area contributed by atoms with E-state index in [0.29, 0.717) is 6.54 Å². The van der Waals surface area contributed by atoms with E-state index in [1.165, 1.54) is 6.07 Å². The molecule has 0 saturated carbocycles. The van der Waals surface area contributed by atoms with Crippen LogP contribution in [0.5, 0.6) is 0 Å². The first-order valence-corrected chi connectivity index (χ1v) is 9.05. The van der Waals surface area contributed by atoms with Gasteiger partial charge in [0.2, 0.25) is 0 Å². The van der Waals surface area contributed by atoms with Crippen LogP contribution < -0.4 is 10.6 Å². The molecule has 23 heavy (non-hydrogen) atoms. The highest BCUT2D eigenvalue weighted by atomic mass is 32.2. The van der Waals surface area contributed by atoms with Crippen molar-refractivity contribution < 1.29 is 13.9 Å². The number of halogens is 1. The molecule has 2 amide bonds. The maximum atomic E-state index is 13.6. The number of carbonyl (C=O) groups excluding carboxylic acids is 1. The number of amides is 2. The summed E-state index contributed by atoms with van der Waals surface area (Å²) in [6, 6.07) is 5.82. The third-order valence-electron chi connectivity index (χ3n) is 4.46. The standard InChI is InChI=1S/C16H22FN3O2S/c17-13-3-1-2-4-14(13)19-15(21)18-11-16(5-10-23-12-16)20-6-8-22-9-7-20/h1-4H,5-12H2,(H2,18,19,21)/t16-/m0/s1. The third-order valence-corrected chi connectivity index (χ3v) is 5.70. The van der Waals surface area contributed by atoms with Gasteiger partial charge in [-0.2, -0.15) is 11.8 Å². The monoisotopic (exact) mass is 339 g/mol. The van der Waals surface area contributed by atoms with Crippen LogP contribution in [0.2, 0.25) is 0 Å². The zero-order valence-corrected chi connectivity index (χ0v) is 13.8. The summed E-state index contributed by atoms with van der Waals surface area (Å²) in [5, 5.41) is 5.51. The van der Waals surface area contributed by atoms with E-state index in [-0.39, 0.29) is 17.3 Å². The Hall–Kier alpha value is -1.31. The van der Waals surface area contributed by atoms with Gasteiger partial charge in [0.05, 0.1) is 18.9 Å². The molecule has 126 valence electrons. The van der Waals surface area contributed by atoms with Crippen molar-refractivity contribution in [3.63, 3.8) is 0 Å². The molecule has 2 heterocycles. The van der Waals surface area contributed by atoms with Gasteiger partial charge in [-0.1, -0.05) is 12.1 Å². The van der Waals surface area contributed by atoms with Crippen molar-refractivity contribution in [1.29, 1.82) is 0 Å². The zero-order chi connectivity index (χ0) is 16.1. The van der Waals surface area contributed by atoms with Crippen LogP contribution in [0, 0.1) is 5.82 Å². The number of morpholine rings is 1. The van der Waals surface area contributed by atoms with Crippen LogP contribution >= 0.6 is 11.8 Å². The molecule has 2 saturated heterocycles. The highest BCUT2D eigenvalue weighted by Gasteiger charge is 2.40. The van der Waals surface area contributed by atoms with Gasteiger partial charge in [0, 0.05) is 30.9 Å². The molecule has 1 aromatic rings. The molecule has 2 aliphatic rings. The highest BCUT2D eigenvalue weighted by Crippen LogP contribution is 2.33. The minimum Gasteiger partial charge on any atom is -0.379 e. The topological polar surface area (TPSA) is 53.6 Å². The van der Waals surface area contributed by atoms with Crippen LogP contribution in [-0.4, -0.2) is 60.8 Å². The molecule has 1 atom stereocenters. The Balaban J connectivity index is 1.58. The highest BCUT2D eigenvalue weighted by molar-refractivity contribution is 7.99. The molecule has 0 spiro atoms. The average Bonchev–Trinajstić information content (AvgIpc) is 3.06. The van der Waals surface area contributed by atoms with Gasteiger partial charge >= 0.3 is 6.03 Å². The number of nitrogens with zero attached hydrogens (tertiary/aromatic N) is 1. The van der Waals surface area contributed by atoms with E-state index >= 15 is 0 Å². The van der Waals surface area contributed by atoms with Crippen LogP contribution in [0.4, 0.5) is 14.9 Å². The number of para-hydroxylation sites is 1. The van der Waals surface area contributed by atoms with Gasteiger partial charge in [-0.15, -0.1) is 0 Å². The summed E-state index contributed by atoms with van der Waals surface area (Å²) >= 11 is 1.92. The number of thioether (sulfide) groups is 1. The quantitative estimate of drug-likeness (QED) is 0.883. The largest absolute Gasteiger partial charge is 0.379 e. The van der Waals surface area contributed by atoms with Gasteiger partial charge in [-0.3, -0.25) is 4.90 Å². The molecule has 3 rings (SSSR count). The first kappa shape index (κ1) is 16.5. The van der Waals surface area contributed by atoms with Crippen molar-refractivity contribution in [2.24, 2.45) is 0 Å². The number of nitrogens with one attached hydrogen (secondary N) is 2. The molecule has 0 bridgehead atoms. The second-order valence-corrected chi connectivity index (χ2v) is 7.02. The summed E-state index contributed by atoms with van der Waals surface area (Å²) in [4.78, 5) is 14.5. The SMILES string of the molecule is O=C(NC[C@@]1(N2CCOCC2)CCSC1)Nc1ccccc1F. The van der Waals surface area contributed by atoms with Crippen LogP contribution in [0.15, 0.2) is 24.3 Å². The van der Waals surface area contributed by atoms with E-state index in [0.717, 1.165) is 44.2 Å². The average molecular weight is 339 g/mol. The predicted octanol–water partition coefficient (Wildman–Crippen LogP) is 2.16. The number of benzene rings is 1. The Morgan fingerprint density at radius 3 is 2.83 bits per heavy atom. The summed E-state index contributed by atoms with van der Waals surface area (Å²) in [7, 11) is 0. The molecule has 0 radical (unpaired) electrons. The van der Waals surface area contributed by atoms with E-state index in [4.69, 9.17) is 4.74 Å². The van der Waals surface area contributed by atoms with Crippen molar-refractivity contribution in [3.8, 4) is 0 Å². The summed E-state index contributed by atoms with van der Waals surface area (Å²) < 4.78 is 19.0. The molecule has 0 aliphatic carbocycles. The molecule has 7 heteroatoms. The molecule has 0 unspecified atom stereocenters. The maximum absolute atomic E-state index is 13.6. The Kier molecular flexibility index (Phi) is 5.40. The minimum atomic E-state index is -0.429. The Labute approximate surface area is 139 Å². The van der Waals surface area contributed by atoms with Crippen LogP contribution in [0.25, 0.3) is 0 Å². The molecule has 5 nitrogen and oxygen atoms in total. The lowest BCUT2D eigenvalue weighted by Crippen LogP contribution is -2.59. The molecule has 0 aromatic heterocycles. The van der Waals surface area contributed by atoms with Crippen molar-refractivity contribution in [2.75, 3.05) is 49.7 Å². The predicted molar refractivity (Wildman–Crippen MR) is 90.5 cm³/mol.